The molecule has 0 aliphatic heterocycles. The fourth-order valence-corrected chi connectivity index (χ4v) is 2.44. The van der Waals surface area contributed by atoms with Crippen LogP contribution in [0.5, 0.6) is 0 Å². The van der Waals surface area contributed by atoms with Crippen LogP contribution in [0.4, 0.5) is 5.69 Å². The summed E-state index contributed by atoms with van der Waals surface area (Å²) in [6, 6.07) is 21.2. The van der Waals surface area contributed by atoms with Gasteiger partial charge in [-0.05, 0) is 23.3 Å². The highest BCUT2D eigenvalue weighted by molar-refractivity contribution is 6.00. The molecule has 2 aromatic carbocycles. The predicted molar refractivity (Wildman–Crippen MR) is 88.7 cm³/mol. The number of hydrogen-bond donors (Lipinski definition) is 2. The van der Waals surface area contributed by atoms with Crippen molar-refractivity contribution in [3.05, 3.63) is 96.3 Å². The summed E-state index contributed by atoms with van der Waals surface area (Å²) in [6.45, 7) is 0. The van der Waals surface area contributed by atoms with Gasteiger partial charge in [-0.1, -0.05) is 60.7 Å². The van der Waals surface area contributed by atoms with Gasteiger partial charge in [0.15, 0.2) is 5.60 Å². The third kappa shape index (κ3) is 2.98. The molecule has 1 heterocycles. The molecule has 1 amide bonds. The molecule has 23 heavy (non-hydrogen) atoms. The summed E-state index contributed by atoms with van der Waals surface area (Å²) < 4.78 is 0. The van der Waals surface area contributed by atoms with Crippen LogP contribution in [0.3, 0.4) is 0 Å². The molecular formula is C19H16N2O2. The Morgan fingerprint density at radius 2 is 1.30 bits per heavy atom. The molecule has 2 N–H and O–H groups in total. The van der Waals surface area contributed by atoms with E-state index in [1.165, 1.54) is 0 Å². The molecule has 0 aliphatic carbocycles. The molecular weight excluding hydrogens is 288 g/mol. The zero-order chi connectivity index (χ0) is 16.1. The lowest BCUT2D eigenvalue weighted by molar-refractivity contribution is -0.131. The summed E-state index contributed by atoms with van der Waals surface area (Å²) in [5.74, 6) is -0.513. The monoisotopic (exact) mass is 304 g/mol. The predicted octanol–water partition coefficient (Wildman–Crippen LogP) is 2.96. The summed E-state index contributed by atoms with van der Waals surface area (Å²) in [5.41, 5.74) is -0.169. The molecule has 3 aromatic rings. The number of carbonyl (C=O) groups is 1. The molecule has 0 saturated carbocycles. The first-order chi connectivity index (χ1) is 11.2. The number of benzene rings is 2. The van der Waals surface area contributed by atoms with Crippen molar-refractivity contribution in [2.24, 2.45) is 0 Å². The van der Waals surface area contributed by atoms with E-state index in [1.807, 2.05) is 12.1 Å². The second kappa shape index (κ2) is 6.42. The van der Waals surface area contributed by atoms with Crippen molar-refractivity contribution in [2.45, 2.75) is 5.60 Å². The number of amides is 1. The maximum atomic E-state index is 12.9. The average molecular weight is 304 g/mol. The molecule has 0 radical (unpaired) electrons. The first kappa shape index (κ1) is 14.9. The number of nitrogens with one attached hydrogen (secondary N) is 1. The van der Waals surface area contributed by atoms with Gasteiger partial charge in [0, 0.05) is 18.1 Å². The van der Waals surface area contributed by atoms with Crippen molar-refractivity contribution < 1.29 is 9.90 Å². The molecule has 3 rings (SSSR count). The van der Waals surface area contributed by atoms with E-state index in [-0.39, 0.29) is 0 Å². The quantitative estimate of drug-likeness (QED) is 0.779. The molecule has 0 spiro atoms. The van der Waals surface area contributed by atoms with Crippen LogP contribution in [0, 0.1) is 0 Å². The standard InChI is InChI=1S/C19H16N2O2/c22-18(21-17-11-13-20-14-12-17)19(23,15-7-3-1-4-8-15)16-9-5-2-6-10-16/h1-14,23H,(H,20,21,22). The Kier molecular flexibility index (Phi) is 4.17. The van der Waals surface area contributed by atoms with Crippen molar-refractivity contribution in [1.82, 2.24) is 4.98 Å². The van der Waals surface area contributed by atoms with Crippen LogP contribution in [0.2, 0.25) is 0 Å². The highest BCUT2D eigenvalue weighted by atomic mass is 16.3. The highest BCUT2D eigenvalue weighted by Gasteiger charge is 2.39. The van der Waals surface area contributed by atoms with Gasteiger partial charge in [0.05, 0.1) is 0 Å². The van der Waals surface area contributed by atoms with Crippen molar-refractivity contribution in [1.29, 1.82) is 0 Å². The maximum Gasteiger partial charge on any atom is 0.265 e. The molecule has 0 atom stereocenters. The minimum atomic E-state index is -1.77. The lowest BCUT2D eigenvalue weighted by Gasteiger charge is -2.28. The van der Waals surface area contributed by atoms with Gasteiger partial charge >= 0.3 is 0 Å². The van der Waals surface area contributed by atoms with Gasteiger partial charge in [-0.2, -0.15) is 0 Å². The molecule has 0 bridgehead atoms. The van der Waals surface area contributed by atoms with Crippen LogP contribution < -0.4 is 5.32 Å². The zero-order valence-corrected chi connectivity index (χ0v) is 12.4. The molecule has 1 aromatic heterocycles. The number of anilines is 1. The number of carbonyl (C=O) groups excluding carboxylic acids is 1. The number of aromatic nitrogens is 1. The Hall–Kier alpha value is -2.98. The van der Waals surface area contributed by atoms with Crippen molar-refractivity contribution in [2.75, 3.05) is 5.32 Å². The Morgan fingerprint density at radius 3 is 1.78 bits per heavy atom. The summed E-state index contributed by atoms with van der Waals surface area (Å²) >= 11 is 0. The third-order valence-electron chi connectivity index (χ3n) is 3.65. The Bertz CT molecular complexity index is 735. The van der Waals surface area contributed by atoms with E-state index >= 15 is 0 Å². The van der Waals surface area contributed by atoms with Crippen molar-refractivity contribution in [3.63, 3.8) is 0 Å². The van der Waals surface area contributed by atoms with Crippen molar-refractivity contribution in [3.8, 4) is 0 Å². The smallest absolute Gasteiger partial charge is 0.265 e. The maximum absolute atomic E-state index is 12.9. The summed E-state index contributed by atoms with van der Waals surface area (Å²) in [5, 5.41) is 14.0. The largest absolute Gasteiger partial charge is 0.372 e. The fraction of sp³-hybridized carbons (Fsp3) is 0.0526. The normalized spacial score (nSPS) is 11.0. The van der Waals surface area contributed by atoms with Crippen LogP contribution in [0.15, 0.2) is 85.2 Å². The number of rotatable bonds is 4. The van der Waals surface area contributed by atoms with E-state index in [0.717, 1.165) is 0 Å². The Balaban J connectivity index is 2.04. The second-order valence-corrected chi connectivity index (χ2v) is 5.13. The summed E-state index contributed by atoms with van der Waals surface area (Å²) in [6.07, 6.45) is 3.17. The minimum absolute atomic E-state index is 0.512. The van der Waals surface area contributed by atoms with Gasteiger partial charge in [0.2, 0.25) is 0 Å². The molecule has 0 unspecified atom stereocenters. The zero-order valence-electron chi connectivity index (χ0n) is 12.4. The Morgan fingerprint density at radius 1 is 0.826 bits per heavy atom. The topological polar surface area (TPSA) is 62.2 Å². The molecule has 4 heteroatoms. The van der Waals surface area contributed by atoms with Crippen LogP contribution >= 0.6 is 0 Å². The van der Waals surface area contributed by atoms with E-state index in [2.05, 4.69) is 10.3 Å². The minimum Gasteiger partial charge on any atom is -0.372 e. The van der Waals surface area contributed by atoms with Gasteiger partial charge < -0.3 is 10.4 Å². The Labute approximate surface area is 134 Å². The lowest BCUT2D eigenvalue weighted by atomic mass is 9.85. The fourth-order valence-electron chi connectivity index (χ4n) is 2.44. The molecule has 114 valence electrons. The van der Waals surface area contributed by atoms with E-state index < -0.39 is 11.5 Å². The summed E-state index contributed by atoms with van der Waals surface area (Å²) in [7, 11) is 0. The third-order valence-corrected chi connectivity index (χ3v) is 3.65. The van der Waals surface area contributed by atoms with Gasteiger partial charge in [-0.3, -0.25) is 9.78 Å². The molecule has 4 nitrogen and oxygen atoms in total. The van der Waals surface area contributed by atoms with E-state index in [1.54, 1.807) is 73.1 Å². The SMILES string of the molecule is O=C(Nc1ccncc1)C(O)(c1ccccc1)c1ccccc1. The second-order valence-electron chi connectivity index (χ2n) is 5.13. The van der Waals surface area contributed by atoms with E-state index in [0.29, 0.717) is 16.8 Å². The van der Waals surface area contributed by atoms with Gasteiger partial charge in [-0.15, -0.1) is 0 Å². The molecule has 0 fully saturated rings. The molecule has 0 aliphatic rings. The number of hydrogen-bond acceptors (Lipinski definition) is 3. The number of pyridine rings is 1. The van der Waals surface area contributed by atoms with E-state index in [9.17, 15) is 9.90 Å². The summed E-state index contributed by atoms with van der Waals surface area (Å²) in [4.78, 5) is 16.8. The van der Waals surface area contributed by atoms with Crippen LogP contribution in [0.25, 0.3) is 0 Å². The van der Waals surface area contributed by atoms with Crippen LogP contribution in [-0.2, 0) is 10.4 Å². The van der Waals surface area contributed by atoms with Crippen molar-refractivity contribution >= 4 is 11.6 Å². The van der Waals surface area contributed by atoms with E-state index in [4.69, 9.17) is 0 Å². The first-order valence-electron chi connectivity index (χ1n) is 7.26. The first-order valence-corrected chi connectivity index (χ1v) is 7.26. The van der Waals surface area contributed by atoms with Crippen LogP contribution in [-0.4, -0.2) is 16.0 Å². The van der Waals surface area contributed by atoms with Gasteiger partial charge in [0.25, 0.3) is 5.91 Å². The lowest BCUT2D eigenvalue weighted by Crippen LogP contribution is -2.41. The molecule has 0 saturated heterocycles. The number of nitrogens with zero attached hydrogens (tertiary/aromatic N) is 1. The highest BCUT2D eigenvalue weighted by Crippen LogP contribution is 2.31. The van der Waals surface area contributed by atoms with Gasteiger partial charge in [-0.25, -0.2) is 0 Å². The average Bonchev–Trinajstić information content (AvgIpc) is 2.63. The van der Waals surface area contributed by atoms with Gasteiger partial charge in [0.1, 0.15) is 0 Å². The van der Waals surface area contributed by atoms with Crippen LogP contribution in [0.1, 0.15) is 11.1 Å². The number of aliphatic hydroxyl groups is 1.